The average molecular weight is 257 g/mol. The molecule has 0 saturated heterocycles. The Morgan fingerprint density at radius 1 is 1.32 bits per heavy atom. The lowest BCUT2D eigenvalue weighted by Crippen LogP contribution is -2.23. The molecule has 0 saturated carbocycles. The zero-order chi connectivity index (χ0) is 13.7. The summed E-state index contributed by atoms with van der Waals surface area (Å²) in [6, 6.07) is 4.32. The Morgan fingerprint density at radius 2 is 2.00 bits per heavy atom. The molecular weight excluding hydrogens is 238 g/mol. The van der Waals surface area contributed by atoms with Crippen LogP contribution >= 0.6 is 0 Å². The average Bonchev–Trinajstić information content (AvgIpc) is 2.68. The normalized spacial score (nSPS) is 18.6. The number of aryl methyl sites for hydroxylation is 4. The zero-order valence-corrected chi connectivity index (χ0v) is 11.7. The van der Waals surface area contributed by atoms with Gasteiger partial charge in [0.2, 0.25) is 0 Å². The highest BCUT2D eigenvalue weighted by atomic mass is 16.4. The van der Waals surface area contributed by atoms with Gasteiger partial charge >= 0.3 is 5.97 Å². The molecule has 0 spiro atoms. The number of carboxylic acids is 1. The van der Waals surface area contributed by atoms with Gasteiger partial charge in [0.1, 0.15) is 0 Å². The van der Waals surface area contributed by atoms with Crippen LogP contribution < -0.4 is 0 Å². The quantitative estimate of drug-likeness (QED) is 0.853. The number of aromatic nitrogens is 1. The molecule has 100 valence electrons. The van der Waals surface area contributed by atoms with Crippen LogP contribution in [0.2, 0.25) is 0 Å². The van der Waals surface area contributed by atoms with Crippen molar-refractivity contribution in [3.63, 3.8) is 0 Å². The molecule has 0 aliphatic heterocycles. The van der Waals surface area contributed by atoms with E-state index in [4.69, 9.17) is 0 Å². The highest BCUT2D eigenvalue weighted by molar-refractivity contribution is 5.91. The van der Waals surface area contributed by atoms with Crippen LogP contribution in [-0.2, 0) is 24.7 Å². The van der Waals surface area contributed by atoms with Crippen LogP contribution in [0.3, 0.4) is 0 Å². The Labute approximate surface area is 112 Å². The van der Waals surface area contributed by atoms with Gasteiger partial charge < -0.3 is 9.67 Å². The van der Waals surface area contributed by atoms with Gasteiger partial charge in [-0.1, -0.05) is 12.1 Å². The van der Waals surface area contributed by atoms with Crippen molar-refractivity contribution in [3.05, 3.63) is 34.5 Å². The molecule has 1 heterocycles. The maximum atomic E-state index is 11.2. The molecule has 3 rings (SSSR count). The lowest BCUT2D eigenvalue weighted by Gasteiger charge is -2.20. The molecular formula is C16H19NO2. The molecule has 1 atom stereocenters. The van der Waals surface area contributed by atoms with Gasteiger partial charge in [0.25, 0.3) is 0 Å². The summed E-state index contributed by atoms with van der Waals surface area (Å²) < 4.78 is 2.21. The van der Waals surface area contributed by atoms with Gasteiger partial charge in [-0.15, -0.1) is 0 Å². The molecule has 1 aliphatic carbocycles. The standard InChI is InChI=1S/C16H19NO2/c1-9-4-5-10(2)15-14(9)12-7-6-11(16(18)19)8-13(12)17(15)3/h4-5,11H,6-8H2,1-3H3,(H,18,19). The molecule has 19 heavy (non-hydrogen) atoms. The summed E-state index contributed by atoms with van der Waals surface area (Å²) in [5, 5.41) is 10.6. The maximum Gasteiger partial charge on any atom is 0.306 e. The van der Waals surface area contributed by atoms with Gasteiger partial charge in [-0.3, -0.25) is 4.79 Å². The summed E-state index contributed by atoms with van der Waals surface area (Å²) in [5.74, 6) is -0.888. The van der Waals surface area contributed by atoms with Crippen molar-refractivity contribution in [2.45, 2.75) is 33.1 Å². The second-order valence-electron chi connectivity index (χ2n) is 5.69. The van der Waals surface area contributed by atoms with Gasteiger partial charge in [0.15, 0.2) is 0 Å². The van der Waals surface area contributed by atoms with Crippen molar-refractivity contribution in [1.82, 2.24) is 4.57 Å². The fourth-order valence-electron chi connectivity index (χ4n) is 3.49. The number of fused-ring (bicyclic) bond motifs is 3. The van der Waals surface area contributed by atoms with Crippen molar-refractivity contribution < 1.29 is 9.90 Å². The predicted molar refractivity (Wildman–Crippen MR) is 75.5 cm³/mol. The first-order valence-electron chi connectivity index (χ1n) is 6.80. The number of nitrogens with zero attached hydrogens (tertiary/aromatic N) is 1. The minimum absolute atomic E-state index is 0.226. The number of carboxylic acid groups (broad SMARTS) is 1. The summed E-state index contributed by atoms with van der Waals surface area (Å²) in [7, 11) is 2.07. The summed E-state index contributed by atoms with van der Waals surface area (Å²) in [6.45, 7) is 4.27. The van der Waals surface area contributed by atoms with E-state index in [1.807, 2.05) is 0 Å². The molecule has 1 aromatic carbocycles. The van der Waals surface area contributed by atoms with Crippen molar-refractivity contribution in [3.8, 4) is 0 Å². The third kappa shape index (κ3) is 1.68. The Kier molecular flexibility index (Phi) is 2.66. The molecule has 1 unspecified atom stereocenters. The predicted octanol–water partition coefficient (Wildman–Crippen LogP) is 2.98. The topological polar surface area (TPSA) is 42.2 Å². The number of hydrogen-bond donors (Lipinski definition) is 1. The largest absolute Gasteiger partial charge is 0.481 e. The van der Waals surface area contributed by atoms with Crippen LogP contribution in [-0.4, -0.2) is 15.6 Å². The maximum absolute atomic E-state index is 11.2. The molecule has 1 N–H and O–H groups in total. The van der Waals surface area contributed by atoms with Crippen LogP contribution in [0.5, 0.6) is 0 Å². The van der Waals surface area contributed by atoms with Crippen molar-refractivity contribution >= 4 is 16.9 Å². The van der Waals surface area contributed by atoms with Crippen LogP contribution in [0.4, 0.5) is 0 Å². The molecule has 3 heteroatoms. The Hall–Kier alpha value is -1.77. The van der Waals surface area contributed by atoms with E-state index in [2.05, 4.69) is 37.6 Å². The van der Waals surface area contributed by atoms with Crippen LogP contribution in [0, 0.1) is 19.8 Å². The summed E-state index contributed by atoms with van der Waals surface area (Å²) in [6.07, 6.45) is 2.30. The first-order valence-corrected chi connectivity index (χ1v) is 6.80. The number of aliphatic carboxylic acids is 1. The minimum atomic E-state index is -0.663. The number of carbonyl (C=O) groups is 1. The summed E-state index contributed by atoms with van der Waals surface area (Å²) in [4.78, 5) is 11.2. The van der Waals surface area contributed by atoms with Crippen molar-refractivity contribution in [2.75, 3.05) is 0 Å². The first-order chi connectivity index (χ1) is 9.00. The van der Waals surface area contributed by atoms with Crippen molar-refractivity contribution in [2.24, 2.45) is 13.0 Å². The molecule has 0 fully saturated rings. The van der Waals surface area contributed by atoms with E-state index in [0.717, 1.165) is 12.8 Å². The molecule has 2 aromatic rings. The fourth-order valence-corrected chi connectivity index (χ4v) is 3.49. The first kappa shape index (κ1) is 12.3. The Bertz CT molecular complexity index is 682. The molecule has 0 bridgehead atoms. The number of rotatable bonds is 1. The van der Waals surface area contributed by atoms with Crippen LogP contribution in [0.25, 0.3) is 10.9 Å². The highest BCUT2D eigenvalue weighted by Crippen LogP contribution is 2.36. The third-order valence-electron chi connectivity index (χ3n) is 4.51. The molecule has 1 aromatic heterocycles. The van der Waals surface area contributed by atoms with Crippen LogP contribution in [0.1, 0.15) is 28.8 Å². The van der Waals surface area contributed by atoms with E-state index in [0.29, 0.717) is 6.42 Å². The smallest absolute Gasteiger partial charge is 0.306 e. The second-order valence-corrected chi connectivity index (χ2v) is 5.69. The Morgan fingerprint density at radius 3 is 2.68 bits per heavy atom. The number of hydrogen-bond acceptors (Lipinski definition) is 1. The van der Waals surface area contributed by atoms with E-state index in [1.54, 1.807) is 0 Å². The van der Waals surface area contributed by atoms with E-state index in [1.165, 1.54) is 33.3 Å². The van der Waals surface area contributed by atoms with Gasteiger partial charge in [0.05, 0.1) is 11.4 Å². The summed E-state index contributed by atoms with van der Waals surface area (Å²) >= 11 is 0. The monoisotopic (exact) mass is 257 g/mol. The van der Waals surface area contributed by atoms with E-state index < -0.39 is 5.97 Å². The van der Waals surface area contributed by atoms with Gasteiger partial charge in [-0.05, 0) is 43.4 Å². The van der Waals surface area contributed by atoms with Gasteiger partial charge in [-0.2, -0.15) is 0 Å². The molecule has 0 amide bonds. The van der Waals surface area contributed by atoms with E-state index in [-0.39, 0.29) is 5.92 Å². The second kappa shape index (κ2) is 4.12. The van der Waals surface area contributed by atoms with Crippen molar-refractivity contribution in [1.29, 1.82) is 0 Å². The van der Waals surface area contributed by atoms with Crippen LogP contribution in [0.15, 0.2) is 12.1 Å². The van der Waals surface area contributed by atoms with Gasteiger partial charge in [0, 0.05) is 24.5 Å². The zero-order valence-electron chi connectivity index (χ0n) is 11.7. The SMILES string of the molecule is Cc1ccc(C)c2c1c1c(n2C)CC(C(=O)O)CC1. The Balaban J connectivity index is 2.27. The fraction of sp³-hybridized carbons (Fsp3) is 0.438. The lowest BCUT2D eigenvalue weighted by atomic mass is 9.86. The third-order valence-corrected chi connectivity index (χ3v) is 4.51. The molecule has 3 nitrogen and oxygen atoms in total. The molecule has 1 aliphatic rings. The minimum Gasteiger partial charge on any atom is -0.481 e. The number of benzene rings is 1. The van der Waals surface area contributed by atoms with E-state index in [9.17, 15) is 9.90 Å². The molecule has 0 radical (unpaired) electrons. The van der Waals surface area contributed by atoms with Gasteiger partial charge in [-0.25, -0.2) is 0 Å². The summed E-state index contributed by atoms with van der Waals surface area (Å²) in [5.41, 5.74) is 6.42. The van der Waals surface area contributed by atoms with E-state index >= 15 is 0 Å². The highest BCUT2D eigenvalue weighted by Gasteiger charge is 2.29. The lowest BCUT2D eigenvalue weighted by molar-refractivity contribution is -0.142.